The van der Waals surface area contributed by atoms with Crippen LogP contribution in [0.3, 0.4) is 0 Å². The number of benzene rings is 1. The molecule has 0 aliphatic carbocycles. The van der Waals surface area contributed by atoms with Gasteiger partial charge in [-0.3, -0.25) is 10.1 Å². The zero-order chi connectivity index (χ0) is 15.2. The molecule has 112 valence electrons. The van der Waals surface area contributed by atoms with E-state index in [1.807, 2.05) is 49.6 Å². The lowest BCUT2D eigenvalue weighted by Gasteiger charge is -2.15. The summed E-state index contributed by atoms with van der Waals surface area (Å²) < 4.78 is 0. The van der Waals surface area contributed by atoms with Crippen molar-refractivity contribution in [3.05, 3.63) is 40.7 Å². The summed E-state index contributed by atoms with van der Waals surface area (Å²) in [5.41, 5.74) is 2.02. The average molecular weight is 304 g/mol. The third-order valence-electron chi connectivity index (χ3n) is 3.13. The van der Waals surface area contributed by atoms with Gasteiger partial charge in [0.05, 0.1) is 5.69 Å². The number of nitrogens with zero attached hydrogens (tertiary/aromatic N) is 1. The predicted molar refractivity (Wildman–Crippen MR) is 85.3 cm³/mol. The van der Waals surface area contributed by atoms with Gasteiger partial charge in [0.15, 0.2) is 0 Å². The highest BCUT2D eigenvalue weighted by Gasteiger charge is 2.18. The van der Waals surface area contributed by atoms with Crippen molar-refractivity contribution in [3.8, 4) is 11.3 Å². The first-order chi connectivity index (χ1) is 10.1. The highest BCUT2D eigenvalue weighted by molar-refractivity contribution is 7.09. The molecular formula is C16H20N2O2S. The van der Waals surface area contributed by atoms with Crippen molar-refractivity contribution in [2.75, 3.05) is 0 Å². The molecular weight excluding hydrogens is 284 g/mol. The number of nitrogens with one attached hydrogen (secondary N) is 1. The topological polar surface area (TPSA) is 62.2 Å². The maximum Gasteiger partial charge on any atom is 0.320 e. The average Bonchev–Trinajstić information content (AvgIpc) is 2.92. The quantitative estimate of drug-likeness (QED) is 0.823. The Morgan fingerprint density at radius 1 is 1.33 bits per heavy atom. The Morgan fingerprint density at radius 2 is 2.05 bits per heavy atom. The van der Waals surface area contributed by atoms with E-state index in [1.54, 1.807) is 11.3 Å². The standard InChI is InChI=1S/C16H20N2O2S/c1-11(2)8-13(16(19)20)17-9-15-18-14(10-21-15)12-6-4-3-5-7-12/h3-7,10-11,13,17H,8-9H2,1-2H3,(H,19,20). The first-order valence-electron chi connectivity index (χ1n) is 7.02. The molecule has 1 atom stereocenters. The molecule has 4 nitrogen and oxygen atoms in total. The molecule has 1 unspecified atom stereocenters. The van der Waals surface area contributed by atoms with Gasteiger partial charge in [0.25, 0.3) is 0 Å². The third kappa shape index (κ3) is 4.65. The van der Waals surface area contributed by atoms with Crippen LogP contribution in [0.25, 0.3) is 11.3 Å². The van der Waals surface area contributed by atoms with Crippen molar-refractivity contribution >= 4 is 17.3 Å². The van der Waals surface area contributed by atoms with Crippen LogP contribution in [-0.2, 0) is 11.3 Å². The SMILES string of the molecule is CC(C)CC(NCc1nc(-c2ccccc2)cs1)C(=O)O. The fourth-order valence-corrected chi connectivity index (χ4v) is 2.84. The number of hydrogen-bond donors (Lipinski definition) is 2. The van der Waals surface area contributed by atoms with Gasteiger partial charge in [-0.15, -0.1) is 11.3 Å². The van der Waals surface area contributed by atoms with E-state index in [0.29, 0.717) is 18.9 Å². The molecule has 1 heterocycles. The summed E-state index contributed by atoms with van der Waals surface area (Å²) in [6, 6.07) is 9.46. The maximum absolute atomic E-state index is 11.2. The van der Waals surface area contributed by atoms with Crippen LogP contribution in [0.4, 0.5) is 0 Å². The number of carbonyl (C=O) groups is 1. The maximum atomic E-state index is 11.2. The summed E-state index contributed by atoms with van der Waals surface area (Å²) in [7, 11) is 0. The van der Waals surface area contributed by atoms with E-state index >= 15 is 0 Å². The molecule has 0 radical (unpaired) electrons. The Balaban J connectivity index is 1.98. The molecule has 0 fully saturated rings. The zero-order valence-corrected chi connectivity index (χ0v) is 13.1. The number of carboxylic acids is 1. The smallest absolute Gasteiger partial charge is 0.320 e. The Morgan fingerprint density at radius 3 is 2.67 bits per heavy atom. The van der Waals surface area contributed by atoms with Gasteiger partial charge in [0.1, 0.15) is 11.0 Å². The van der Waals surface area contributed by atoms with Crippen LogP contribution in [0.1, 0.15) is 25.3 Å². The molecule has 1 aromatic heterocycles. The van der Waals surface area contributed by atoms with E-state index in [9.17, 15) is 9.90 Å². The van der Waals surface area contributed by atoms with Crippen molar-refractivity contribution in [1.29, 1.82) is 0 Å². The molecule has 2 N–H and O–H groups in total. The van der Waals surface area contributed by atoms with Gasteiger partial charge in [-0.25, -0.2) is 4.98 Å². The summed E-state index contributed by atoms with van der Waals surface area (Å²) in [6.07, 6.45) is 0.617. The van der Waals surface area contributed by atoms with Gasteiger partial charge in [0.2, 0.25) is 0 Å². The number of aliphatic carboxylic acids is 1. The number of aromatic nitrogens is 1. The molecule has 0 saturated heterocycles. The van der Waals surface area contributed by atoms with Crippen molar-refractivity contribution < 1.29 is 9.90 Å². The summed E-state index contributed by atoms with van der Waals surface area (Å²) >= 11 is 1.55. The Bertz CT molecular complexity index is 581. The molecule has 0 aliphatic heterocycles. The Labute approximate surface area is 128 Å². The van der Waals surface area contributed by atoms with Gasteiger partial charge in [-0.05, 0) is 12.3 Å². The van der Waals surface area contributed by atoms with E-state index in [1.165, 1.54) is 0 Å². The first kappa shape index (κ1) is 15.7. The van der Waals surface area contributed by atoms with Crippen LogP contribution >= 0.6 is 11.3 Å². The normalized spacial score (nSPS) is 12.5. The minimum Gasteiger partial charge on any atom is -0.480 e. The summed E-state index contributed by atoms with van der Waals surface area (Å²) in [5.74, 6) is -0.460. The molecule has 0 aliphatic rings. The van der Waals surface area contributed by atoms with Crippen LogP contribution in [-0.4, -0.2) is 22.1 Å². The monoisotopic (exact) mass is 304 g/mol. The number of hydrogen-bond acceptors (Lipinski definition) is 4. The zero-order valence-electron chi connectivity index (χ0n) is 12.2. The van der Waals surface area contributed by atoms with Gasteiger partial charge in [-0.2, -0.15) is 0 Å². The molecule has 1 aromatic carbocycles. The second kappa shape index (κ2) is 7.33. The van der Waals surface area contributed by atoms with Gasteiger partial charge in [-0.1, -0.05) is 44.2 Å². The van der Waals surface area contributed by atoms with Gasteiger partial charge < -0.3 is 5.11 Å². The van der Waals surface area contributed by atoms with E-state index in [2.05, 4.69) is 10.3 Å². The minimum atomic E-state index is -0.802. The largest absolute Gasteiger partial charge is 0.480 e. The summed E-state index contributed by atoms with van der Waals surface area (Å²) in [5, 5.41) is 15.2. The van der Waals surface area contributed by atoms with Gasteiger partial charge >= 0.3 is 5.97 Å². The Hall–Kier alpha value is -1.72. The van der Waals surface area contributed by atoms with Crippen molar-refractivity contribution in [2.24, 2.45) is 5.92 Å². The minimum absolute atomic E-state index is 0.342. The summed E-state index contributed by atoms with van der Waals surface area (Å²) in [6.45, 7) is 4.53. The van der Waals surface area contributed by atoms with E-state index in [0.717, 1.165) is 16.3 Å². The Kier molecular flexibility index (Phi) is 5.47. The van der Waals surface area contributed by atoms with E-state index in [-0.39, 0.29) is 0 Å². The number of carboxylic acid groups (broad SMARTS) is 1. The van der Waals surface area contributed by atoms with Gasteiger partial charge in [0, 0.05) is 17.5 Å². The summed E-state index contributed by atoms with van der Waals surface area (Å²) in [4.78, 5) is 15.8. The molecule has 2 rings (SSSR count). The van der Waals surface area contributed by atoms with Crippen LogP contribution in [0.5, 0.6) is 0 Å². The molecule has 21 heavy (non-hydrogen) atoms. The van der Waals surface area contributed by atoms with Crippen molar-refractivity contribution in [1.82, 2.24) is 10.3 Å². The fourth-order valence-electron chi connectivity index (χ4n) is 2.09. The van der Waals surface area contributed by atoms with E-state index < -0.39 is 12.0 Å². The van der Waals surface area contributed by atoms with Crippen molar-refractivity contribution in [3.63, 3.8) is 0 Å². The third-order valence-corrected chi connectivity index (χ3v) is 3.98. The highest BCUT2D eigenvalue weighted by atomic mass is 32.1. The molecule has 0 saturated carbocycles. The molecule has 0 spiro atoms. The van der Waals surface area contributed by atoms with Crippen LogP contribution in [0.2, 0.25) is 0 Å². The predicted octanol–water partition coefficient (Wildman–Crippen LogP) is 3.40. The van der Waals surface area contributed by atoms with Crippen LogP contribution in [0, 0.1) is 5.92 Å². The number of rotatable bonds is 7. The fraction of sp³-hybridized carbons (Fsp3) is 0.375. The lowest BCUT2D eigenvalue weighted by atomic mass is 10.0. The lowest BCUT2D eigenvalue weighted by molar-refractivity contribution is -0.140. The second-order valence-electron chi connectivity index (χ2n) is 5.39. The molecule has 5 heteroatoms. The number of thiazole rings is 1. The molecule has 2 aromatic rings. The lowest BCUT2D eigenvalue weighted by Crippen LogP contribution is -2.37. The first-order valence-corrected chi connectivity index (χ1v) is 7.90. The second-order valence-corrected chi connectivity index (χ2v) is 6.34. The van der Waals surface area contributed by atoms with Crippen LogP contribution in [0.15, 0.2) is 35.7 Å². The molecule has 0 amide bonds. The van der Waals surface area contributed by atoms with Crippen molar-refractivity contribution in [2.45, 2.75) is 32.9 Å². The van der Waals surface area contributed by atoms with E-state index in [4.69, 9.17) is 0 Å². The highest BCUT2D eigenvalue weighted by Crippen LogP contribution is 2.21. The molecule has 0 bridgehead atoms. The van der Waals surface area contributed by atoms with Crippen LogP contribution < -0.4 is 5.32 Å².